The van der Waals surface area contributed by atoms with Gasteiger partial charge in [-0.05, 0) is 24.5 Å². The van der Waals surface area contributed by atoms with Crippen molar-refractivity contribution in [3.63, 3.8) is 0 Å². The number of aromatic nitrogens is 1. The molecule has 0 saturated heterocycles. The zero-order chi connectivity index (χ0) is 15.7. The number of thiophene rings is 1. The largest absolute Gasteiger partial charge is 0.383 e. The van der Waals surface area contributed by atoms with E-state index < -0.39 is 0 Å². The average molecular weight is 402 g/mol. The first-order valence-corrected chi connectivity index (χ1v) is 9.62. The first kappa shape index (κ1) is 18.3. The Morgan fingerprint density at radius 1 is 1.35 bits per heavy atom. The van der Waals surface area contributed by atoms with Crippen LogP contribution in [0.4, 0.5) is 0 Å². The summed E-state index contributed by atoms with van der Waals surface area (Å²) in [6, 6.07) is 9.61. The maximum absolute atomic E-state index is 7.59. The molecule has 0 aliphatic heterocycles. The first-order valence-electron chi connectivity index (χ1n) is 6.32. The van der Waals surface area contributed by atoms with Crippen molar-refractivity contribution in [1.82, 2.24) is 4.98 Å². The predicted molar refractivity (Wildman–Crippen MR) is 106 cm³/mol. The molecule has 0 saturated carbocycles. The highest BCUT2D eigenvalue weighted by Crippen LogP contribution is 2.40. The van der Waals surface area contributed by atoms with Gasteiger partial charge in [0.25, 0.3) is 0 Å². The van der Waals surface area contributed by atoms with Crippen molar-refractivity contribution in [2.75, 3.05) is 6.26 Å². The summed E-state index contributed by atoms with van der Waals surface area (Å²) in [6.07, 6.45) is 2.02. The molecule has 23 heavy (non-hydrogen) atoms. The van der Waals surface area contributed by atoms with E-state index in [2.05, 4.69) is 0 Å². The summed E-state index contributed by atoms with van der Waals surface area (Å²) < 4.78 is 1.12. The minimum absolute atomic E-state index is 0. The quantitative estimate of drug-likeness (QED) is 0.338. The van der Waals surface area contributed by atoms with Crippen LogP contribution in [0.3, 0.4) is 0 Å². The van der Waals surface area contributed by atoms with Gasteiger partial charge < -0.3 is 5.73 Å². The summed E-state index contributed by atoms with van der Waals surface area (Å²) in [5.41, 5.74) is 8.55. The molecule has 0 spiro atoms. The monoisotopic (exact) mass is 401 g/mol. The fraction of sp³-hybridized carbons (Fsp3) is 0.0667. The fourth-order valence-electron chi connectivity index (χ4n) is 1.99. The van der Waals surface area contributed by atoms with Gasteiger partial charge in [-0.15, -0.1) is 46.8 Å². The Morgan fingerprint density at radius 3 is 2.78 bits per heavy atom. The van der Waals surface area contributed by atoms with Gasteiger partial charge in [0.1, 0.15) is 10.8 Å². The van der Waals surface area contributed by atoms with Gasteiger partial charge in [-0.1, -0.05) is 23.7 Å². The molecule has 0 aliphatic rings. The fourth-order valence-corrected chi connectivity index (χ4v) is 4.89. The van der Waals surface area contributed by atoms with Gasteiger partial charge in [0.05, 0.1) is 14.8 Å². The van der Waals surface area contributed by atoms with E-state index >= 15 is 0 Å². The molecule has 2 heterocycles. The van der Waals surface area contributed by atoms with E-state index in [0.717, 1.165) is 30.9 Å². The number of amidine groups is 1. The smallest absolute Gasteiger partial charge is 0.133 e. The molecule has 3 N–H and O–H groups in total. The predicted octanol–water partition coefficient (Wildman–Crippen LogP) is 5.62. The summed E-state index contributed by atoms with van der Waals surface area (Å²) >= 11 is 10.8. The van der Waals surface area contributed by atoms with Gasteiger partial charge in [-0.25, -0.2) is 4.98 Å². The topological polar surface area (TPSA) is 62.8 Å². The van der Waals surface area contributed by atoms with Crippen molar-refractivity contribution in [2.24, 2.45) is 5.73 Å². The van der Waals surface area contributed by atoms with Gasteiger partial charge in [0.2, 0.25) is 0 Å². The summed E-state index contributed by atoms with van der Waals surface area (Å²) in [7, 11) is 0. The number of benzene rings is 1. The second kappa shape index (κ2) is 7.68. The van der Waals surface area contributed by atoms with Crippen LogP contribution < -0.4 is 5.73 Å². The number of nitrogens with zero attached hydrogens (tertiary/aromatic N) is 1. The standard InChI is InChI=1S/C15H12ClN3S3.ClH/c1-20-15-10(6-12(22-15)13(17)18)14-19-11(7-21-14)8-3-2-4-9(16)5-8;/h2-7H,1H3,(H3,17,18);1H. The summed E-state index contributed by atoms with van der Waals surface area (Å²) in [6.45, 7) is 0. The SMILES string of the molecule is CSc1sc(C(=N)N)cc1-c1nc(-c2cccc(Cl)c2)cs1.Cl. The summed E-state index contributed by atoms with van der Waals surface area (Å²) in [5.74, 6) is 0.0955. The number of thiazole rings is 1. The molecule has 0 bridgehead atoms. The molecule has 0 unspecified atom stereocenters. The number of nitrogen functional groups attached to an aromatic ring is 1. The Balaban J connectivity index is 0.00000192. The highest BCUT2D eigenvalue weighted by Gasteiger charge is 2.15. The summed E-state index contributed by atoms with van der Waals surface area (Å²) in [4.78, 5) is 5.49. The third-order valence-corrected chi connectivity index (χ3v) is 6.42. The third kappa shape index (κ3) is 3.89. The number of nitrogens with two attached hydrogens (primary N) is 1. The Kier molecular flexibility index (Phi) is 6.11. The van der Waals surface area contributed by atoms with Crippen LogP contribution >= 0.6 is 58.4 Å². The molecule has 0 aliphatic carbocycles. The molecule has 120 valence electrons. The van der Waals surface area contributed by atoms with Crippen LogP contribution in [0.5, 0.6) is 0 Å². The highest BCUT2D eigenvalue weighted by molar-refractivity contribution is 8.00. The Labute approximate surface area is 157 Å². The van der Waals surface area contributed by atoms with E-state index in [-0.39, 0.29) is 18.2 Å². The highest BCUT2D eigenvalue weighted by atomic mass is 35.5. The second-order valence-corrected chi connectivity index (χ2v) is 7.90. The van der Waals surface area contributed by atoms with Gasteiger partial charge in [0, 0.05) is 21.5 Å². The van der Waals surface area contributed by atoms with Crippen molar-refractivity contribution in [2.45, 2.75) is 4.21 Å². The lowest BCUT2D eigenvalue weighted by molar-refractivity contribution is 1.39. The van der Waals surface area contributed by atoms with Gasteiger partial charge in [0.15, 0.2) is 0 Å². The van der Waals surface area contributed by atoms with E-state index in [1.54, 1.807) is 23.1 Å². The molecular formula is C15H13Cl2N3S3. The number of thioether (sulfide) groups is 1. The number of hydrogen-bond acceptors (Lipinski definition) is 5. The number of rotatable bonds is 4. The lowest BCUT2D eigenvalue weighted by atomic mass is 10.2. The number of hydrogen-bond donors (Lipinski definition) is 2. The van der Waals surface area contributed by atoms with Crippen LogP contribution in [0.25, 0.3) is 21.8 Å². The van der Waals surface area contributed by atoms with Crippen LogP contribution in [-0.4, -0.2) is 17.1 Å². The van der Waals surface area contributed by atoms with Crippen LogP contribution in [0.2, 0.25) is 5.02 Å². The molecule has 2 aromatic heterocycles. The Morgan fingerprint density at radius 2 is 2.13 bits per heavy atom. The molecule has 3 nitrogen and oxygen atoms in total. The summed E-state index contributed by atoms with van der Waals surface area (Å²) in [5, 5.41) is 11.3. The molecule has 0 fully saturated rings. The van der Waals surface area contributed by atoms with Crippen molar-refractivity contribution in [1.29, 1.82) is 5.41 Å². The minimum Gasteiger partial charge on any atom is -0.383 e. The van der Waals surface area contributed by atoms with E-state index in [0.29, 0.717) is 5.02 Å². The lowest BCUT2D eigenvalue weighted by Gasteiger charge is -1.97. The molecule has 3 rings (SSSR count). The zero-order valence-electron chi connectivity index (χ0n) is 12.0. The van der Waals surface area contributed by atoms with Crippen molar-refractivity contribution >= 4 is 64.3 Å². The van der Waals surface area contributed by atoms with Gasteiger partial charge in [-0.2, -0.15) is 0 Å². The van der Waals surface area contributed by atoms with Crippen molar-refractivity contribution < 1.29 is 0 Å². The molecule has 1 aromatic carbocycles. The van der Waals surface area contributed by atoms with Gasteiger partial charge in [-0.3, -0.25) is 5.41 Å². The van der Waals surface area contributed by atoms with E-state index in [9.17, 15) is 0 Å². The van der Waals surface area contributed by atoms with Crippen LogP contribution in [0.15, 0.2) is 39.9 Å². The number of halogens is 2. The molecule has 0 amide bonds. The van der Waals surface area contributed by atoms with E-state index in [4.69, 9.17) is 27.7 Å². The normalized spacial score (nSPS) is 10.3. The third-order valence-electron chi connectivity index (χ3n) is 3.00. The van der Waals surface area contributed by atoms with Crippen LogP contribution in [0.1, 0.15) is 4.88 Å². The first-order chi connectivity index (χ1) is 10.6. The Bertz CT molecular complexity index is 842. The van der Waals surface area contributed by atoms with Gasteiger partial charge >= 0.3 is 0 Å². The zero-order valence-corrected chi connectivity index (χ0v) is 16.0. The molecule has 0 atom stereocenters. The lowest BCUT2D eigenvalue weighted by Crippen LogP contribution is -2.08. The van der Waals surface area contributed by atoms with Crippen LogP contribution in [0, 0.1) is 5.41 Å². The van der Waals surface area contributed by atoms with E-state index in [1.165, 1.54) is 11.3 Å². The molecular weight excluding hydrogens is 389 g/mol. The Hall–Kier alpha value is -1.05. The maximum atomic E-state index is 7.59. The molecule has 3 aromatic rings. The van der Waals surface area contributed by atoms with Crippen molar-refractivity contribution in [3.8, 4) is 21.8 Å². The maximum Gasteiger partial charge on any atom is 0.133 e. The van der Waals surface area contributed by atoms with Crippen LogP contribution in [-0.2, 0) is 0 Å². The molecule has 0 radical (unpaired) electrons. The van der Waals surface area contributed by atoms with E-state index in [1.807, 2.05) is 42.0 Å². The molecule has 8 heteroatoms. The second-order valence-electron chi connectivity index (χ2n) is 4.48. The minimum atomic E-state index is 0. The number of nitrogens with one attached hydrogen (secondary N) is 1. The average Bonchev–Trinajstić information content (AvgIpc) is 3.13. The van der Waals surface area contributed by atoms with Crippen molar-refractivity contribution in [3.05, 3.63) is 45.6 Å².